The summed E-state index contributed by atoms with van der Waals surface area (Å²) in [6, 6.07) is 17.7. The lowest BCUT2D eigenvalue weighted by atomic mass is 10.0. The highest BCUT2D eigenvalue weighted by molar-refractivity contribution is 9.10. The first-order chi connectivity index (χ1) is 15.8. The zero-order chi connectivity index (χ0) is 24.0. The van der Waals surface area contributed by atoms with Gasteiger partial charge in [-0.05, 0) is 47.0 Å². The van der Waals surface area contributed by atoms with Gasteiger partial charge in [0.1, 0.15) is 6.61 Å². The number of carbonyl (C=O) groups is 1. The van der Waals surface area contributed by atoms with E-state index in [0.717, 1.165) is 0 Å². The van der Waals surface area contributed by atoms with Crippen molar-refractivity contribution < 1.29 is 24.3 Å². The molecule has 0 saturated carbocycles. The van der Waals surface area contributed by atoms with E-state index in [1.165, 1.54) is 31.4 Å². The van der Waals surface area contributed by atoms with Crippen LogP contribution in [0.3, 0.4) is 0 Å². The van der Waals surface area contributed by atoms with Crippen molar-refractivity contribution in [2.24, 2.45) is 0 Å². The smallest absolute Gasteiger partial charge is 0.335 e. The molecule has 0 aromatic heterocycles. The van der Waals surface area contributed by atoms with Gasteiger partial charge in [-0.3, -0.25) is 10.1 Å². The van der Waals surface area contributed by atoms with Crippen LogP contribution in [0.25, 0.3) is 11.6 Å². The lowest BCUT2D eigenvalue weighted by Crippen LogP contribution is -1.99. The summed E-state index contributed by atoms with van der Waals surface area (Å²) < 4.78 is 11.9. The number of hydrogen-bond acceptors (Lipinski definition) is 6. The number of hydrogen-bond donors (Lipinski definition) is 1. The largest absolute Gasteiger partial charge is 0.493 e. The van der Waals surface area contributed by atoms with Crippen molar-refractivity contribution >= 4 is 39.2 Å². The molecule has 0 aliphatic rings. The number of ether oxygens (including phenoxy) is 2. The summed E-state index contributed by atoms with van der Waals surface area (Å²) >= 11 is 3.47. The molecule has 0 atom stereocenters. The van der Waals surface area contributed by atoms with Crippen molar-refractivity contribution in [3.63, 3.8) is 0 Å². The Hall–Kier alpha value is -4.16. The summed E-state index contributed by atoms with van der Waals surface area (Å²) in [6.45, 7) is 0.0963. The number of nitrogens with zero attached hydrogens (tertiary/aromatic N) is 2. The Labute approximate surface area is 197 Å². The molecule has 0 aliphatic carbocycles. The van der Waals surface area contributed by atoms with Crippen LogP contribution in [0.1, 0.15) is 27.0 Å². The minimum Gasteiger partial charge on any atom is -0.493 e. The fourth-order valence-corrected chi connectivity index (χ4v) is 3.42. The highest BCUT2D eigenvalue weighted by atomic mass is 79.9. The second kappa shape index (κ2) is 10.4. The molecule has 3 aromatic rings. The summed E-state index contributed by atoms with van der Waals surface area (Å²) in [5.74, 6) is -0.219. The summed E-state index contributed by atoms with van der Waals surface area (Å²) in [4.78, 5) is 21.5. The van der Waals surface area contributed by atoms with Gasteiger partial charge in [0.05, 0.1) is 29.2 Å². The third-order valence-electron chi connectivity index (χ3n) is 4.66. The van der Waals surface area contributed by atoms with E-state index in [2.05, 4.69) is 22.0 Å². The van der Waals surface area contributed by atoms with Crippen LogP contribution in [0.2, 0.25) is 0 Å². The number of methoxy groups -OCH3 is 1. The van der Waals surface area contributed by atoms with Gasteiger partial charge < -0.3 is 14.6 Å². The Balaban J connectivity index is 1.87. The molecule has 0 unspecified atom stereocenters. The molecule has 0 saturated heterocycles. The van der Waals surface area contributed by atoms with Crippen molar-refractivity contribution in [2.45, 2.75) is 6.61 Å². The van der Waals surface area contributed by atoms with E-state index in [1.54, 1.807) is 42.5 Å². The van der Waals surface area contributed by atoms with Crippen LogP contribution < -0.4 is 9.47 Å². The number of nitro groups is 1. The SMILES string of the molecule is COc1cc(/C=C(/C#N)c2ccc(C(=O)O)cc2)c(Br)cc1OCc1cccc([N+](=O)[O-])c1. The van der Waals surface area contributed by atoms with Crippen molar-refractivity contribution in [3.05, 3.63) is 97.5 Å². The van der Waals surface area contributed by atoms with Crippen molar-refractivity contribution in [3.8, 4) is 17.6 Å². The average molecular weight is 509 g/mol. The molecule has 0 radical (unpaired) electrons. The van der Waals surface area contributed by atoms with E-state index >= 15 is 0 Å². The second-order valence-corrected chi connectivity index (χ2v) is 7.65. The molecule has 0 spiro atoms. The molecule has 8 nitrogen and oxygen atoms in total. The standard InChI is InChI=1S/C24H17BrN2O6/c1-32-22-11-18(10-19(13-26)16-5-7-17(8-6-16)24(28)29)21(25)12-23(22)33-14-15-3-2-4-20(9-15)27(30)31/h2-12H,14H2,1H3,(H,28,29)/b19-10-. The molecule has 3 rings (SSSR count). The van der Waals surface area contributed by atoms with Crippen LogP contribution >= 0.6 is 15.9 Å². The van der Waals surface area contributed by atoms with Gasteiger partial charge in [-0.1, -0.05) is 40.2 Å². The van der Waals surface area contributed by atoms with Gasteiger partial charge in [-0.2, -0.15) is 5.26 Å². The number of benzene rings is 3. The number of carboxylic acid groups (broad SMARTS) is 1. The van der Waals surface area contributed by atoms with Crippen LogP contribution in [0, 0.1) is 21.4 Å². The molecule has 0 amide bonds. The van der Waals surface area contributed by atoms with E-state index in [-0.39, 0.29) is 17.9 Å². The number of nitro benzene ring substituents is 1. The quantitative estimate of drug-likeness (QED) is 0.179. The number of aromatic carboxylic acids is 1. The van der Waals surface area contributed by atoms with Gasteiger partial charge in [-0.25, -0.2) is 4.79 Å². The van der Waals surface area contributed by atoms with Gasteiger partial charge >= 0.3 is 5.97 Å². The summed E-state index contributed by atoms with van der Waals surface area (Å²) in [5, 5.41) is 29.6. The Bertz CT molecular complexity index is 1280. The Morgan fingerprint density at radius 2 is 1.85 bits per heavy atom. The first-order valence-corrected chi connectivity index (χ1v) is 10.3. The Kier molecular flexibility index (Phi) is 7.43. The maximum absolute atomic E-state index is 11.0. The molecular formula is C24H17BrN2O6. The zero-order valence-corrected chi connectivity index (χ0v) is 18.9. The molecule has 3 aromatic carbocycles. The summed E-state index contributed by atoms with van der Waals surface area (Å²) in [5.41, 5.74) is 2.28. The maximum atomic E-state index is 11.0. The third-order valence-corrected chi connectivity index (χ3v) is 5.35. The number of non-ortho nitro benzene ring substituents is 1. The number of nitriles is 1. The fourth-order valence-electron chi connectivity index (χ4n) is 2.98. The highest BCUT2D eigenvalue weighted by Gasteiger charge is 2.13. The minimum absolute atomic E-state index is 0.0230. The minimum atomic E-state index is -1.04. The van der Waals surface area contributed by atoms with E-state index < -0.39 is 10.9 Å². The molecule has 0 bridgehead atoms. The number of carboxylic acids is 1. The van der Waals surface area contributed by atoms with Crippen LogP contribution in [-0.4, -0.2) is 23.1 Å². The predicted molar refractivity (Wildman–Crippen MR) is 125 cm³/mol. The first-order valence-electron chi connectivity index (χ1n) is 9.51. The Morgan fingerprint density at radius 3 is 2.45 bits per heavy atom. The molecule has 1 N–H and O–H groups in total. The number of rotatable bonds is 8. The van der Waals surface area contributed by atoms with Gasteiger partial charge in [0.25, 0.3) is 5.69 Å². The maximum Gasteiger partial charge on any atom is 0.335 e. The molecule has 0 heterocycles. The van der Waals surface area contributed by atoms with Crippen LogP contribution in [0.4, 0.5) is 5.69 Å². The molecule has 0 fully saturated rings. The molecular weight excluding hydrogens is 492 g/mol. The second-order valence-electron chi connectivity index (χ2n) is 6.79. The predicted octanol–water partition coefficient (Wildman–Crippen LogP) is 5.71. The number of halogens is 1. The van der Waals surface area contributed by atoms with Crippen molar-refractivity contribution in [1.82, 2.24) is 0 Å². The lowest BCUT2D eigenvalue weighted by molar-refractivity contribution is -0.384. The average Bonchev–Trinajstić information content (AvgIpc) is 2.82. The van der Waals surface area contributed by atoms with Crippen molar-refractivity contribution in [1.29, 1.82) is 5.26 Å². The van der Waals surface area contributed by atoms with Crippen LogP contribution in [-0.2, 0) is 6.61 Å². The van der Waals surface area contributed by atoms with Crippen molar-refractivity contribution in [2.75, 3.05) is 7.11 Å². The molecule has 166 valence electrons. The van der Waals surface area contributed by atoms with Crippen LogP contribution in [0.5, 0.6) is 11.5 Å². The topological polar surface area (TPSA) is 123 Å². The van der Waals surface area contributed by atoms with Gasteiger partial charge in [0, 0.05) is 16.6 Å². The zero-order valence-electron chi connectivity index (χ0n) is 17.3. The van der Waals surface area contributed by atoms with E-state index in [0.29, 0.717) is 38.2 Å². The van der Waals surface area contributed by atoms with Gasteiger partial charge in [0.2, 0.25) is 0 Å². The highest BCUT2D eigenvalue weighted by Crippen LogP contribution is 2.36. The van der Waals surface area contributed by atoms with Gasteiger partial charge in [0.15, 0.2) is 11.5 Å². The summed E-state index contributed by atoms with van der Waals surface area (Å²) in [7, 11) is 1.48. The molecule has 33 heavy (non-hydrogen) atoms. The summed E-state index contributed by atoms with van der Waals surface area (Å²) in [6.07, 6.45) is 1.65. The van der Waals surface area contributed by atoms with E-state index in [9.17, 15) is 20.2 Å². The molecule has 0 aliphatic heterocycles. The normalized spacial score (nSPS) is 10.9. The number of allylic oxidation sites excluding steroid dienone is 1. The van der Waals surface area contributed by atoms with E-state index in [4.69, 9.17) is 14.6 Å². The van der Waals surface area contributed by atoms with Crippen LogP contribution in [0.15, 0.2) is 65.1 Å². The Morgan fingerprint density at radius 1 is 1.15 bits per heavy atom. The van der Waals surface area contributed by atoms with E-state index in [1.807, 2.05) is 0 Å². The fraction of sp³-hybridized carbons (Fsp3) is 0.0833. The molecule has 9 heteroatoms. The first kappa shape index (κ1) is 23.5. The third kappa shape index (κ3) is 5.75. The lowest BCUT2D eigenvalue weighted by Gasteiger charge is -2.13. The van der Waals surface area contributed by atoms with Gasteiger partial charge in [-0.15, -0.1) is 0 Å². The monoisotopic (exact) mass is 508 g/mol.